The van der Waals surface area contributed by atoms with Gasteiger partial charge in [0.05, 0.1) is 6.04 Å². The smallest absolute Gasteiger partial charge is 0.251 e. The van der Waals surface area contributed by atoms with Crippen LogP contribution in [0.5, 0.6) is 0 Å². The standard InChI is InChI=1S/C9H16N2O2/c1-11(7-5-10-6-7)9(12)8-3-2-4-13-8/h7-8,10H,2-6H2,1H3/t8-/m1/s1. The van der Waals surface area contributed by atoms with Crippen molar-refractivity contribution in [3.8, 4) is 0 Å². The van der Waals surface area contributed by atoms with Crippen molar-refractivity contribution in [2.45, 2.75) is 25.0 Å². The van der Waals surface area contributed by atoms with Crippen LogP contribution in [0.15, 0.2) is 0 Å². The van der Waals surface area contributed by atoms with Crippen molar-refractivity contribution in [1.82, 2.24) is 10.2 Å². The van der Waals surface area contributed by atoms with Crippen molar-refractivity contribution in [1.29, 1.82) is 0 Å². The molecule has 1 amide bonds. The van der Waals surface area contributed by atoms with Gasteiger partial charge in [-0.3, -0.25) is 4.79 Å². The Morgan fingerprint density at radius 1 is 1.54 bits per heavy atom. The molecule has 0 aromatic carbocycles. The molecule has 0 aromatic heterocycles. The van der Waals surface area contributed by atoms with E-state index in [0.717, 1.165) is 32.5 Å². The molecule has 2 aliphatic heterocycles. The minimum atomic E-state index is -0.161. The second kappa shape index (κ2) is 3.64. The fourth-order valence-corrected chi connectivity index (χ4v) is 1.73. The van der Waals surface area contributed by atoms with E-state index < -0.39 is 0 Å². The number of carbonyl (C=O) groups is 1. The van der Waals surface area contributed by atoms with Gasteiger partial charge in [0.25, 0.3) is 5.91 Å². The predicted molar refractivity (Wildman–Crippen MR) is 48.4 cm³/mol. The van der Waals surface area contributed by atoms with E-state index >= 15 is 0 Å². The number of likely N-dealkylation sites (N-methyl/N-ethyl adjacent to an activating group) is 1. The SMILES string of the molecule is CN(C(=O)[C@H]1CCCO1)C1CNC1. The molecule has 74 valence electrons. The second-order valence-corrected chi connectivity index (χ2v) is 3.76. The van der Waals surface area contributed by atoms with Gasteiger partial charge in [0.15, 0.2) is 0 Å². The number of hydrogen-bond donors (Lipinski definition) is 1. The Balaban J connectivity index is 1.87. The van der Waals surface area contributed by atoms with Gasteiger partial charge in [-0.15, -0.1) is 0 Å². The quantitative estimate of drug-likeness (QED) is 0.634. The Kier molecular flexibility index (Phi) is 2.51. The van der Waals surface area contributed by atoms with Gasteiger partial charge in [-0.05, 0) is 12.8 Å². The van der Waals surface area contributed by atoms with Gasteiger partial charge < -0.3 is 15.0 Å². The molecule has 2 fully saturated rings. The van der Waals surface area contributed by atoms with Crippen LogP contribution in [0.25, 0.3) is 0 Å². The fraction of sp³-hybridized carbons (Fsp3) is 0.889. The maximum Gasteiger partial charge on any atom is 0.251 e. The highest BCUT2D eigenvalue weighted by molar-refractivity contribution is 5.81. The first-order valence-electron chi connectivity index (χ1n) is 4.88. The van der Waals surface area contributed by atoms with Crippen LogP contribution in [0, 0.1) is 0 Å². The molecule has 4 heteroatoms. The summed E-state index contributed by atoms with van der Waals surface area (Å²) in [7, 11) is 1.87. The van der Waals surface area contributed by atoms with Gasteiger partial charge in [0.1, 0.15) is 6.10 Å². The first-order valence-corrected chi connectivity index (χ1v) is 4.88. The molecular formula is C9H16N2O2. The summed E-state index contributed by atoms with van der Waals surface area (Å²) in [6.45, 7) is 2.59. The molecule has 4 nitrogen and oxygen atoms in total. The number of rotatable bonds is 2. The summed E-state index contributed by atoms with van der Waals surface area (Å²) in [6, 6.07) is 0.386. The van der Waals surface area contributed by atoms with Crippen LogP contribution in [0.2, 0.25) is 0 Å². The summed E-state index contributed by atoms with van der Waals surface area (Å²) in [6.07, 6.45) is 1.75. The molecule has 0 aliphatic carbocycles. The molecule has 0 spiro atoms. The minimum absolute atomic E-state index is 0.156. The molecule has 0 aromatic rings. The summed E-state index contributed by atoms with van der Waals surface area (Å²) in [4.78, 5) is 13.6. The zero-order valence-electron chi connectivity index (χ0n) is 7.95. The zero-order valence-corrected chi connectivity index (χ0v) is 7.95. The highest BCUT2D eigenvalue weighted by Crippen LogP contribution is 2.16. The van der Waals surface area contributed by atoms with E-state index in [0.29, 0.717) is 6.04 Å². The van der Waals surface area contributed by atoms with E-state index in [1.807, 2.05) is 11.9 Å². The van der Waals surface area contributed by atoms with Crippen molar-refractivity contribution < 1.29 is 9.53 Å². The molecule has 0 unspecified atom stereocenters. The molecule has 13 heavy (non-hydrogen) atoms. The van der Waals surface area contributed by atoms with Crippen LogP contribution < -0.4 is 5.32 Å². The maximum atomic E-state index is 11.8. The normalized spacial score (nSPS) is 28.5. The van der Waals surface area contributed by atoms with Crippen LogP contribution in [-0.2, 0) is 9.53 Å². The molecule has 0 saturated carbocycles. The molecular weight excluding hydrogens is 168 g/mol. The maximum absolute atomic E-state index is 11.8. The van der Waals surface area contributed by atoms with Gasteiger partial charge >= 0.3 is 0 Å². The highest BCUT2D eigenvalue weighted by Gasteiger charge is 2.32. The molecule has 2 rings (SSSR count). The number of amides is 1. The summed E-state index contributed by atoms with van der Waals surface area (Å²) in [5.41, 5.74) is 0. The molecule has 2 saturated heterocycles. The Morgan fingerprint density at radius 2 is 2.31 bits per heavy atom. The topological polar surface area (TPSA) is 41.6 Å². The largest absolute Gasteiger partial charge is 0.368 e. The van der Waals surface area contributed by atoms with Crippen molar-refractivity contribution in [2.24, 2.45) is 0 Å². The lowest BCUT2D eigenvalue weighted by Crippen LogP contribution is -2.59. The van der Waals surface area contributed by atoms with Gasteiger partial charge in [-0.2, -0.15) is 0 Å². The van der Waals surface area contributed by atoms with Crippen molar-refractivity contribution in [3.63, 3.8) is 0 Å². The third-order valence-corrected chi connectivity index (χ3v) is 2.86. The second-order valence-electron chi connectivity index (χ2n) is 3.76. The Bertz CT molecular complexity index is 198. The van der Waals surface area contributed by atoms with Crippen LogP contribution in [0.3, 0.4) is 0 Å². The fourth-order valence-electron chi connectivity index (χ4n) is 1.73. The predicted octanol–water partition coefficient (Wildman–Crippen LogP) is -0.404. The van der Waals surface area contributed by atoms with E-state index in [2.05, 4.69) is 5.32 Å². The highest BCUT2D eigenvalue weighted by atomic mass is 16.5. The summed E-state index contributed by atoms with van der Waals surface area (Å²) >= 11 is 0. The number of hydrogen-bond acceptors (Lipinski definition) is 3. The van der Waals surface area contributed by atoms with E-state index in [-0.39, 0.29) is 12.0 Å². The number of nitrogens with one attached hydrogen (secondary N) is 1. The number of carbonyl (C=O) groups excluding carboxylic acids is 1. The molecule has 1 atom stereocenters. The first kappa shape index (κ1) is 8.97. The molecule has 0 bridgehead atoms. The van der Waals surface area contributed by atoms with E-state index in [1.54, 1.807) is 0 Å². The van der Waals surface area contributed by atoms with Crippen molar-refractivity contribution in [3.05, 3.63) is 0 Å². The van der Waals surface area contributed by atoms with Crippen LogP contribution >= 0.6 is 0 Å². The summed E-state index contributed by atoms with van der Waals surface area (Å²) in [5.74, 6) is 0.156. The molecule has 0 radical (unpaired) electrons. The van der Waals surface area contributed by atoms with Crippen molar-refractivity contribution in [2.75, 3.05) is 26.7 Å². The third kappa shape index (κ3) is 1.69. The Hall–Kier alpha value is -0.610. The van der Waals surface area contributed by atoms with Crippen molar-refractivity contribution >= 4 is 5.91 Å². The van der Waals surface area contributed by atoms with Gasteiger partial charge in [0, 0.05) is 26.7 Å². The van der Waals surface area contributed by atoms with E-state index in [1.165, 1.54) is 0 Å². The van der Waals surface area contributed by atoms with Gasteiger partial charge in [-0.25, -0.2) is 0 Å². The van der Waals surface area contributed by atoms with E-state index in [4.69, 9.17) is 4.74 Å². The van der Waals surface area contributed by atoms with Crippen LogP contribution in [0.1, 0.15) is 12.8 Å². The monoisotopic (exact) mass is 184 g/mol. The first-order chi connectivity index (χ1) is 6.29. The minimum Gasteiger partial charge on any atom is -0.368 e. The zero-order chi connectivity index (χ0) is 9.26. The third-order valence-electron chi connectivity index (χ3n) is 2.86. The van der Waals surface area contributed by atoms with E-state index in [9.17, 15) is 4.79 Å². The average molecular weight is 184 g/mol. The van der Waals surface area contributed by atoms with Gasteiger partial charge in [0.2, 0.25) is 0 Å². The Labute approximate surface area is 78.2 Å². The summed E-state index contributed by atoms with van der Waals surface area (Å²) in [5, 5.41) is 3.15. The summed E-state index contributed by atoms with van der Waals surface area (Å²) < 4.78 is 5.34. The van der Waals surface area contributed by atoms with Crippen LogP contribution in [0.4, 0.5) is 0 Å². The number of nitrogens with zero attached hydrogens (tertiary/aromatic N) is 1. The lowest BCUT2D eigenvalue weighted by Gasteiger charge is -2.36. The van der Waals surface area contributed by atoms with Crippen LogP contribution in [-0.4, -0.2) is 49.7 Å². The Morgan fingerprint density at radius 3 is 2.77 bits per heavy atom. The molecule has 1 N–H and O–H groups in total. The average Bonchev–Trinajstić information content (AvgIpc) is 2.51. The van der Waals surface area contributed by atoms with Gasteiger partial charge in [-0.1, -0.05) is 0 Å². The molecule has 2 aliphatic rings. The molecule has 2 heterocycles. The number of ether oxygens (including phenoxy) is 1. The lowest BCUT2D eigenvalue weighted by molar-refractivity contribution is -0.142. The lowest BCUT2D eigenvalue weighted by atomic mass is 10.1.